The van der Waals surface area contributed by atoms with Gasteiger partial charge in [-0.15, -0.1) is 0 Å². The molecule has 3 aromatic rings. The summed E-state index contributed by atoms with van der Waals surface area (Å²) >= 11 is 0. The molecule has 3 aromatic carbocycles. The highest BCUT2D eigenvalue weighted by atomic mass is 14.2. The zero-order chi connectivity index (χ0) is 21.7. The van der Waals surface area contributed by atoms with E-state index in [4.69, 9.17) is 0 Å². The quantitative estimate of drug-likeness (QED) is 0.371. The average molecular weight is 391 g/mol. The first-order valence-corrected chi connectivity index (χ1v) is 10.3. The van der Waals surface area contributed by atoms with Crippen LogP contribution in [0.25, 0.3) is 11.1 Å². The predicted molar refractivity (Wildman–Crippen MR) is 133 cm³/mol. The van der Waals surface area contributed by atoms with Gasteiger partial charge in [-0.1, -0.05) is 109 Å². The molecular weight excluding hydrogens is 360 g/mol. The zero-order valence-electron chi connectivity index (χ0n) is 18.5. The van der Waals surface area contributed by atoms with Crippen molar-refractivity contribution in [3.8, 4) is 0 Å². The lowest BCUT2D eigenvalue weighted by molar-refractivity contribution is 1.28. The van der Waals surface area contributed by atoms with E-state index in [1.165, 1.54) is 44.5 Å². The Labute approximate surface area is 181 Å². The van der Waals surface area contributed by atoms with E-state index in [9.17, 15) is 0 Å². The highest BCUT2D eigenvalue weighted by molar-refractivity contribution is 5.87. The fraction of sp³-hybridized carbons (Fsp3) is 0.133. The summed E-state index contributed by atoms with van der Waals surface area (Å²) in [6.07, 6.45) is 4.36. The highest BCUT2D eigenvalue weighted by Crippen LogP contribution is 2.34. The molecule has 0 aliphatic carbocycles. The molecule has 0 aromatic heterocycles. The van der Waals surface area contributed by atoms with Gasteiger partial charge in [0.1, 0.15) is 0 Å². The van der Waals surface area contributed by atoms with E-state index in [1.54, 1.807) is 0 Å². The maximum Gasteiger partial charge on any atom is -0.0106 e. The Bertz CT molecular complexity index is 1030. The van der Waals surface area contributed by atoms with Crippen LogP contribution in [0.5, 0.6) is 0 Å². The van der Waals surface area contributed by atoms with Gasteiger partial charge in [0.2, 0.25) is 0 Å². The van der Waals surface area contributed by atoms with Crippen molar-refractivity contribution in [1.29, 1.82) is 0 Å². The van der Waals surface area contributed by atoms with E-state index in [-0.39, 0.29) is 0 Å². The Kier molecular flexibility index (Phi) is 6.69. The molecule has 0 saturated heterocycles. The Balaban J connectivity index is 2.20. The Morgan fingerprint density at radius 2 is 0.900 bits per heavy atom. The van der Waals surface area contributed by atoms with Gasteiger partial charge in [-0.2, -0.15) is 0 Å². The van der Waals surface area contributed by atoms with Gasteiger partial charge in [-0.25, -0.2) is 0 Å². The van der Waals surface area contributed by atoms with Crippen LogP contribution in [0.4, 0.5) is 0 Å². The molecule has 0 amide bonds. The number of hydrogen-bond acceptors (Lipinski definition) is 0. The summed E-state index contributed by atoms with van der Waals surface area (Å²) in [4.78, 5) is 0. The topological polar surface area (TPSA) is 0 Å². The first kappa shape index (κ1) is 21.3. The minimum Gasteiger partial charge on any atom is -0.0961 e. The van der Waals surface area contributed by atoms with Crippen LogP contribution in [0.2, 0.25) is 0 Å². The van der Waals surface area contributed by atoms with Gasteiger partial charge in [0.15, 0.2) is 0 Å². The fourth-order valence-electron chi connectivity index (χ4n) is 3.77. The average Bonchev–Trinajstić information content (AvgIpc) is 2.74. The van der Waals surface area contributed by atoms with Gasteiger partial charge in [0.25, 0.3) is 0 Å². The molecule has 0 saturated carbocycles. The molecule has 0 radical (unpaired) electrons. The largest absolute Gasteiger partial charge is 0.0961 e. The Hall–Kier alpha value is -3.38. The number of benzene rings is 3. The second kappa shape index (κ2) is 9.41. The summed E-state index contributed by atoms with van der Waals surface area (Å²) in [5.41, 5.74) is 12.0. The predicted octanol–water partition coefficient (Wildman–Crippen LogP) is 8.32. The Morgan fingerprint density at radius 1 is 0.567 bits per heavy atom. The van der Waals surface area contributed by atoms with Gasteiger partial charge in [-0.3, -0.25) is 0 Å². The van der Waals surface area contributed by atoms with E-state index >= 15 is 0 Å². The van der Waals surface area contributed by atoms with E-state index in [0.717, 1.165) is 11.1 Å². The summed E-state index contributed by atoms with van der Waals surface area (Å²) in [7, 11) is 0. The second-order valence-corrected chi connectivity index (χ2v) is 7.95. The van der Waals surface area contributed by atoms with Crippen molar-refractivity contribution in [1.82, 2.24) is 0 Å². The lowest BCUT2D eigenvalue weighted by Crippen LogP contribution is -2.00. The SMILES string of the molecule is C=C(C)/C=C(/c1ccccc1)c1ccc(/C(=C\C(=C)C)c2ccccc2)c(C)c1C. The van der Waals surface area contributed by atoms with Gasteiger partial charge >= 0.3 is 0 Å². The minimum absolute atomic E-state index is 1.04. The number of hydrogen-bond donors (Lipinski definition) is 0. The molecular formula is C30H30. The van der Waals surface area contributed by atoms with Crippen molar-refractivity contribution in [2.45, 2.75) is 27.7 Å². The van der Waals surface area contributed by atoms with Crippen molar-refractivity contribution in [2.75, 3.05) is 0 Å². The van der Waals surface area contributed by atoms with Crippen molar-refractivity contribution in [3.63, 3.8) is 0 Å². The summed E-state index contributed by atoms with van der Waals surface area (Å²) in [6, 6.07) is 25.6. The molecule has 0 aliphatic heterocycles. The third-order valence-corrected chi connectivity index (χ3v) is 5.32. The fourth-order valence-corrected chi connectivity index (χ4v) is 3.77. The van der Waals surface area contributed by atoms with Gasteiger partial charge in [0.05, 0.1) is 0 Å². The molecule has 0 spiro atoms. The second-order valence-electron chi connectivity index (χ2n) is 7.95. The van der Waals surface area contributed by atoms with E-state index in [1.807, 2.05) is 13.8 Å². The van der Waals surface area contributed by atoms with Crippen LogP contribution in [0.15, 0.2) is 109 Å². The number of rotatable bonds is 6. The lowest BCUT2D eigenvalue weighted by Gasteiger charge is -2.19. The van der Waals surface area contributed by atoms with Crippen molar-refractivity contribution in [2.24, 2.45) is 0 Å². The van der Waals surface area contributed by atoms with Crippen LogP contribution in [0.1, 0.15) is 47.2 Å². The third-order valence-electron chi connectivity index (χ3n) is 5.32. The van der Waals surface area contributed by atoms with Crippen molar-refractivity contribution >= 4 is 11.1 Å². The lowest BCUT2D eigenvalue weighted by atomic mass is 9.85. The molecule has 0 bridgehead atoms. The van der Waals surface area contributed by atoms with Gasteiger partial charge in [0, 0.05) is 0 Å². The monoisotopic (exact) mass is 390 g/mol. The third kappa shape index (κ3) is 4.78. The summed E-state index contributed by atoms with van der Waals surface area (Å²) in [5, 5.41) is 0. The molecule has 0 nitrogen and oxygen atoms in total. The van der Waals surface area contributed by atoms with Crippen LogP contribution in [0.3, 0.4) is 0 Å². The molecule has 0 unspecified atom stereocenters. The molecule has 0 heteroatoms. The minimum atomic E-state index is 1.04. The van der Waals surface area contributed by atoms with Crippen LogP contribution in [0, 0.1) is 13.8 Å². The van der Waals surface area contributed by atoms with Crippen LogP contribution >= 0.6 is 0 Å². The smallest absolute Gasteiger partial charge is 0.0106 e. The first-order valence-electron chi connectivity index (χ1n) is 10.3. The Morgan fingerprint density at radius 3 is 1.20 bits per heavy atom. The molecule has 150 valence electrons. The molecule has 0 heterocycles. The summed E-state index contributed by atoms with van der Waals surface area (Å²) < 4.78 is 0. The van der Waals surface area contributed by atoms with E-state index in [2.05, 4.69) is 112 Å². The maximum atomic E-state index is 4.12. The van der Waals surface area contributed by atoms with Gasteiger partial charge < -0.3 is 0 Å². The normalized spacial score (nSPS) is 12.0. The first-order chi connectivity index (χ1) is 14.4. The van der Waals surface area contributed by atoms with Crippen LogP contribution in [-0.2, 0) is 0 Å². The number of allylic oxidation sites excluding steroid dienone is 4. The van der Waals surface area contributed by atoms with E-state index < -0.39 is 0 Å². The molecule has 0 N–H and O–H groups in total. The standard InChI is InChI=1S/C30H30/c1-21(2)19-29(25-13-9-7-10-14-25)27-17-18-28(24(6)23(27)5)30(20-22(3)4)26-15-11-8-12-16-26/h7-20H,1,3H2,2,4-6H3/b29-19-,30-20-. The van der Waals surface area contributed by atoms with Crippen molar-refractivity contribution in [3.05, 3.63) is 143 Å². The zero-order valence-corrected chi connectivity index (χ0v) is 18.5. The molecule has 0 aliphatic rings. The van der Waals surface area contributed by atoms with Gasteiger partial charge in [-0.05, 0) is 72.2 Å². The van der Waals surface area contributed by atoms with Crippen molar-refractivity contribution < 1.29 is 0 Å². The van der Waals surface area contributed by atoms with E-state index in [0.29, 0.717) is 0 Å². The maximum absolute atomic E-state index is 4.12. The molecule has 30 heavy (non-hydrogen) atoms. The summed E-state index contributed by atoms with van der Waals surface area (Å²) in [5.74, 6) is 0. The molecule has 0 atom stereocenters. The van der Waals surface area contributed by atoms with Crippen LogP contribution in [-0.4, -0.2) is 0 Å². The van der Waals surface area contributed by atoms with Crippen LogP contribution < -0.4 is 0 Å². The molecule has 0 fully saturated rings. The summed E-state index contributed by atoms with van der Waals surface area (Å²) in [6.45, 7) is 16.8. The molecule has 3 rings (SSSR count). The highest BCUT2D eigenvalue weighted by Gasteiger charge is 2.15.